The lowest BCUT2D eigenvalue weighted by molar-refractivity contribution is -0.137. The van der Waals surface area contributed by atoms with Gasteiger partial charge in [0.2, 0.25) is 0 Å². The van der Waals surface area contributed by atoms with Gasteiger partial charge in [0.1, 0.15) is 5.15 Å². The van der Waals surface area contributed by atoms with Gasteiger partial charge in [-0.25, -0.2) is 9.97 Å². The third-order valence-corrected chi connectivity index (χ3v) is 4.33. The molecule has 0 atom stereocenters. The summed E-state index contributed by atoms with van der Waals surface area (Å²) in [6.45, 7) is 1.77. The van der Waals surface area contributed by atoms with Gasteiger partial charge in [0.05, 0.1) is 14.8 Å². The summed E-state index contributed by atoms with van der Waals surface area (Å²) < 4.78 is 38.1. The molecule has 1 heterocycles. The van der Waals surface area contributed by atoms with Crippen LogP contribution < -0.4 is 0 Å². The van der Waals surface area contributed by atoms with Crippen molar-refractivity contribution in [2.24, 2.45) is 0 Å². The van der Waals surface area contributed by atoms with Crippen LogP contribution in [-0.2, 0) is 6.18 Å². The Balaban J connectivity index is 2.43. The zero-order valence-corrected chi connectivity index (χ0v) is 12.5. The van der Waals surface area contributed by atoms with Crippen LogP contribution in [0.4, 0.5) is 13.2 Å². The van der Waals surface area contributed by atoms with Crippen LogP contribution in [0.1, 0.15) is 11.3 Å². The van der Waals surface area contributed by atoms with E-state index in [0.29, 0.717) is 22.2 Å². The van der Waals surface area contributed by atoms with Gasteiger partial charge in [-0.2, -0.15) is 13.2 Å². The number of aromatic nitrogens is 2. The molecule has 2 nitrogen and oxygen atoms in total. The fourth-order valence-electron chi connectivity index (χ4n) is 1.46. The molecule has 0 amide bonds. The number of rotatable bonds is 1. The van der Waals surface area contributed by atoms with Gasteiger partial charge in [0.25, 0.3) is 0 Å². The van der Waals surface area contributed by atoms with E-state index in [0.717, 1.165) is 15.7 Å². The van der Waals surface area contributed by atoms with Gasteiger partial charge in [-0.1, -0.05) is 23.7 Å². The number of alkyl halides is 3. The van der Waals surface area contributed by atoms with Gasteiger partial charge in [-0.05, 0) is 41.6 Å². The van der Waals surface area contributed by atoms with Crippen molar-refractivity contribution >= 4 is 34.2 Å². The molecular weight excluding hydrogens is 391 g/mol. The number of benzene rings is 1. The summed E-state index contributed by atoms with van der Waals surface area (Å²) in [6.07, 6.45) is -4.35. The van der Waals surface area contributed by atoms with Crippen molar-refractivity contribution in [2.45, 2.75) is 13.1 Å². The molecule has 19 heavy (non-hydrogen) atoms. The SMILES string of the molecule is Cc1nc(-c2ccc(C(F)(F)F)cc2)nc(Cl)c1I. The highest BCUT2D eigenvalue weighted by Gasteiger charge is 2.30. The molecule has 0 spiro atoms. The Bertz CT molecular complexity index is 588. The maximum atomic E-state index is 12.4. The first-order valence-electron chi connectivity index (χ1n) is 5.16. The van der Waals surface area contributed by atoms with E-state index in [2.05, 4.69) is 9.97 Å². The lowest BCUT2D eigenvalue weighted by Gasteiger charge is -2.08. The molecule has 0 radical (unpaired) electrons. The zero-order chi connectivity index (χ0) is 14.2. The number of hydrogen-bond acceptors (Lipinski definition) is 2. The Hall–Kier alpha value is -0.890. The molecule has 0 aliphatic rings. The largest absolute Gasteiger partial charge is 0.416 e. The van der Waals surface area contributed by atoms with E-state index < -0.39 is 11.7 Å². The van der Waals surface area contributed by atoms with E-state index in [4.69, 9.17) is 11.6 Å². The minimum Gasteiger partial charge on any atom is -0.232 e. The monoisotopic (exact) mass is 398 g/mol. The summed E-state index contributed by atoms with van der Waals surface area (Å²) in [5, 5.41) is 0.294. The Morgan fingerprint density at radius 3 is 2.16 bits per heavy atom. The van der Waals surface area contributed by atoms with Crippen LogP contribution in [0.3, 0.4) is 0 Å². The maximum absolute atomic E-state index is 12.4. The molecule has 2 aromatic rings. The predicted molar refractivity (Wildman–Crippen MR) is 74.9 cm³/mol. The second-order valence-corrected chi connectivity index (χ2v) is 5.25. The van der Waals surface area contributed by atoms with Gasteiger partial charge in [0, 0.05) is 5.56 Å². The molecule has 1 aromatic carbocycles. The van der Waals surface area contributed by atoms with Crippen molar-refractivity contribution in [3.05, 3.63) is 44.2 Å². The van der Waals surface area contributed by atoms with Crippen molar-refractivity contribution in [2.75, 3.05) is 0 Å². The van der Waals surface area contributed by atoms with Crippen LogP contribution >= 0.6 is 34.2 Å². The highest BCUT2D eigenvalue weighted by molar-refractivity contribution is 14.1. The van der Waals surface area contributed by atoms with E-state index in [9.17, 15) is 13.2 Å². The summed E-state index contributed by atoms with van der Waals surface area (Å²) in [5.41, 5.74) is 0.481. The summed E-state index contributed by atoms with van der Waals surface area (Å²) in [5.74, 6) is 0.316. The molecule has 0 aliphatic carbocycles. The van der Waals surface area contributed by atoms with Crippen LogP contribution in [0, 0.1) is 10.5 Å². The molecule has 0 bridgehead atoms. The number of aryl methyl sites for hydroxylation is 1. The van der Waals surface area contributed by atoms with Crippen LogP contribution in [0.25, 0.3) is 11.4 Å². The summed E-state index contributed by atoms with van der Waals surface area (Å²) >= 11 is 7.95. The van der Waals surface area contributed by atoms with E-state index in [1.165, 1.54) is 12.1 Å². The topological polar surface area (TPSA) is 25.8 Å². The molecule has 0 saturated heterocycles. The average molecular weight is 399 g/mol. The minimum atomic E-state index is -4.35. The van der Waals surface area contributed by atoms with Gasteiger partial charge in [-0.3, -0.25) is 0 Å². The highest BCUT2D eigenvalue weighted by atomic mass is 127. The smallest absolute Gasteiger partial charge is 0.232 e. The van der Waals surface area contributed by atoms with Gasteiger partial charge in [0.15, 0.2) is 5.82 Å². The van der Waals surface area contributed by atoms with Crippen LogP contribution in [-0.4, -0.2) is 9.97 Å². The van der Waals surface area contributed by atoms with Crippen molar-refractivity contribution in [1.82, 2.24) is 9.97 Å². The highest BCUT2D eigenvalue weighted by Crippen LogP contribution is 2.31. The second kappa shape index (κ2) is 5.24. The van der Waals surface area contributed by atoms with E-state index in [1.807, 2.05) is 22.6 Å². The second-order valence-electron chi connectivity index (χ2n) is 3.81. The summed E-state index contributed by atoms with van der Waals surface area (Å²) in [6, 6.07) is 4.67. The number of halogens is 5. The number of hydrogen-bond donors (Lipinski definition) is 0. The predicted octanol–water partition coefficient (Wildman–Crippen LogP) is 4.73. The van der Waals surface area contributed by atoms with Crippen LogP contribution in [0.5, 0.6) is 0 Å². The average Bonchev–Trinajstić information content (AvgIpc) is 2.34. The minimum absolute atomic E-state index is 0.294. The third-order valence-electron chi connectivity index (χ3n) is 2.45. The van der Waals surface area contributed by atoms with E-state index in [1.54, 1.807) is 6.92 Å². The zero-order valence-electron chi connectivity index (χ0n) is 9.59. The molecular formula is C12H7ClF3IN2. The Labute approximate surface area is 126 Å². The molecule has 0 saturated carbocycles. The third kappa shape index (κ3) is 3.17. The molecule has 7 heteroatoms. The van der Waals surface area contributed by atoms with Crippen LogP contribution in [0.2, 0.25) is 5.15 Å². The van der Waals surface area contributed by atoms with Crippen molar-refractivity contribution < 1.29 is 13.2 Å². The molecule has 0 unspecified atom stereocenters. The fourth-order valence-corrected chi connectivity index (χ4v) is 1.92. The van der Waals surface area contributed by atoms with Crippen molar-refractivity contribution in [3.8, 4) is 11.4 Å². The Morgan fingerprint density at radius 2 is 1.68 bits per heavy atom. The fraction of sp³-hybridized carbons (Fsp3) is 0.167. The van der Waals surface area contributed by atoms with E-state index >= 15 is 0 Å². The molecule has 1 aromatic heterocycles. The van der Waals surface area contributed by atoms with Gasteiger partial charge < -0.3 is 0 Å². The molecule has 100 valence electrons. The van der Waals surface area contributed by atoms with Crippen molar-refractivity contribution in [3.63, 3.8) is 0 Å². The lowest BCUT2D eigenvalue weighted by atomic mass is 10.1. The molecule has 0 fully saturated rings. The summed E-state index contributed by atoms with van der Waals surface area (Å²) in [7, 11) is 0. The number of nitrogens with zero attached hydrogens (tertiary/aromatic N) is 2. The first-order chi connectivity index (χ1) is 8.79. The Morgan fingerprint density at radius 1 is 1.11 bits per heavy atom. The molecule has 2 rings (SSSR count). The normalized spacial score (nSPS) is 11.7. The van der Waals surface area contributed by atoms with Crippen molar-refractivity contribution in [1.29, 1.82) is 0 Å². The van der Waals surface area contributed by atoms with E-state index in [-0.39, 0.29) is 0 Å². The molecule has 0 aliphatic heterocycles. The standard InChI is InChI=1S/C12H7ClF3IN2/c1-6-9(17)10(13)19-11(18-6)7-2-4-8(5-3-7)12(14,15)16/h2-5H,1H3. The van der Waals surface area contributed by atoms with Gasteiger partial charge in [-0.15, -0.1) is 0 Å². The quantitative estimate of drug-likeness (QED) is 0.513. The van der Waals surface area contributed by atoms with Gasteiger partial charge >= 0.3 is 6.18 Å². The first-order valence-corrected chi connectivity index (χ1v) is 6.62. The molecule has 0 N–H and O–H groups in total. The first kappa shape index (κ1) is 14.5. The lowest BCUT2D eigenvalue weighted by Crippen LogP contribution is -2.04. The van der Waals surface area contributed by atoms with Crippen LogP contribution in [0.15, 0.2) is 24.3 Å². The maximum Gasteiger partial charge on any atom is 0.416 e. The Kier molecular flexibility index (Phi) is 4.00. The summed E-state index contributed by atoms with van der Waals surface area (Å²) in [4.78, 5) is 8.27.